The number of pyridine rings is 1. The Labute approximate surface area is 80.4 Å². The molecule has 0 aliphatic carbocycles. The number of aryl methyl sites for hydroxylation is 3. The van der Waals surface area contributed by atoms with Gasteiger partial charge < -0.3 is 4.57 Å². The lowest BCUT2D eigenvalue weighted by Gasteiger charge is -2.01. The SMILES string of the molecule is Cc1csc2c(C)c(=O)n(C)cc12. The van der Waals surface area contributed by atoms with Gasteiger partial charge in [-0.25, -0.2) is 0 Å². The van der Waals surface area contributed by atoms with Crippen molar-refractivity contribution >= 4 is 21.4 Å². The third-order valence-electron chi connectivity index (χ3n) is 2.33. The number of aromatic nitrogens is 1. The molecule has 0 aliphatic rings. The number of thiophene rings is 1. The van der Waals surface area contributed by atoms with Crippen LogP contribution >= 0.6 is 11.3 Å². The van der Waals surface area contributed by atoms with E-state index in [-0.39, 0.29) is 5.56 Å². The third kappa shape index (κ3) is 1.11. The zero-order valence-electron chi connectivity index (χ0n) is 7.92. The Kier molecular flexibility index (Phi) is 1.77. The second kappa shape index (κ2) is 2.70. The fourth-order valence-corrected chi connectivity index (χ4v) is 2.54. The molecule has 2 rings (SSSR count). The number of rotatable bonds is 0. The summed E-state index contributed by atoms with van der Waals surface area (Å²) in [5.41, 5.74) is 2.21. The second-order valence-electron chi connectivity index (χ2n) is 3.33. The highest BCUT2D eigenvalue weighted by Crippen LogP contribution is 2.25. The molecule has 0 radical (unpaired) electrons. The summed E-state index contributed by atoms with van der Waals surface area (Å²) in [6, 6.07) is 0. The Morgan fingerprint density at radius 2 is 2.08 bits per heavy atom. The Bertz CT molecular complexity index is 521. The molecule has 0 N–H and O–H groups in total. The molecule has 68 valence electrons. The molecule has 0 saturated carbocycles. The highest BCUT2D eigenvalue weighted by atomic mass is 32.1. The topological polar surface area (TPSA) is 22.0 Å². The van der Waals surface area contributed by atoms with Crippen LogP contribution in [0.4, 0.5) is 0 Å². The van der Waals surface area contributed by atoms with Crippen molar-refractivity contribution in [3.63, 3.8) is 0 Å². The Balaban J connectivity index is 3.05. The van der Waals surface area contributed by atoms with E-state index in [2.05, 4.69) is 12.3 Å². The minimum atomic E-state index is 0.106. The molecule has 0 amide bonds. The molecule has 2 nitrogen and oxygen atoms in total. The molecule has 13 heavy (non-hydrogen) atoms. The summed E-state index contributed by atoms with van der Waals surface area (Å²) in [6.07, 6.45) is 1.91. The minimum Gasteiger partial charge on any atom is -0.318 e. The number of nitrogens with zero attached hydrogens (tertiary/aromatic N) is 1. The van der Waals surface area contributed by atoms with Gasteiger partial charge in [-0.3, -0.25) is 4.79 Å². The van der Waals surface area contributed by atoms with E-state index in [1.54, 1.807) is 23.0 Å². The summed E-state index contributed by atoms with van der Waals surface area (Å²) < 4.78 is 2.78. The molecular formula is C10H11NOS. The van der Waals surface area contributed by atoms with Crippen molar-refractivity contribution in [3.8, 4) is 0 Å². The number of hydrogen-bond acceptors (Lipinski definition) is 2. The highest BCUT2D eigenvalue weighted by molar-refractivity contribution is 7.17. The lowest BCUT2D eigenvalue weighted by molar-refractivity contribution is 0.860. The molecule has 0 aliphatic heterocycles. The predicted octanol–water partition coefficient (Wildman–Crippen LogP) is 2.22. The van der Waals surface area contributed by atoms with Crippen molar-refractivity contribution < 1.29 is 0 Å². The van der Waals surface area contributed by atoms with Gasteiger partial charge in [0.15, 0.2) is 0 Å². The maximum absolute atomic E-state index is 11.6. The molecule has 0 bridgehead atoms. The van der Waals surface area contributed by atoms with E-state index in [9.17, 15) is 4.79 Å². The maximum atomic E-state index is 11.6. The van der Waals surface area contributed by atoms with E-state index < -0.39 is 0 Å². The Morgan fingerprint density at radius 3 is 2.77 bits per heavy atom. The maximum Gasteiger partial charge on any atom is 0.254 e. The first kappa shape index (κ1) is 8.51. The monoisotopic (exact) mass is 193 g/mol. The normalized spacial score (nSPS) is 11.0. The molecule has 2 heterocycles. The molecule has 2 aromatic heterocycles. The molecule has 0 fully saturated rings. The lowest BCUT2D eigenvalue weighted by atomic mass is 10.2. The average Bonchev–Trinajstić information content (AvgIpc) is 2.45. The molecule has 3 heteroatoms. The van der Waals surface area contributed by atoms with E-state index in [1.807, 2.05) is 13.1 Å². The van der Waals surface area contributed by atoms with Crippen molar-refractivity contribution in [1.82, 2.24) is 4.57 Å². The third-order valence-corrected chi connectivity index (χ3v) is 3.56. The van der Waals surface area contributed by atoms with Crippen molar-refractivity contribution in [1.29, 1.82) is 0 Å². The summed E-state index contributed by atoms with van der Waals surface area (Å²) in [5.74, 6) is 0. The van der Waals surface area contributed by atoms with Crippen LogP contribution in [0.25, 0.3) is 10.1 Å². The predicted molar refractivity (Wildman–Crippen MR) is 56.5 cm³/mol. The fourth-order valence-electron chi connectivity index (χ4n) is 1.52. The van der Waals surface area contributed by atoms with E-state index >= 15 is 0 Å². The van der Waals surface area contributed by atoms with Crippen LogP contribution in [0.3, 0.4) is 0 Å². The minimum absolute atomic E-state index is 0.106. The van der Waals surface area contributed by atoms with Gasteiger partial charge in [-0.05, 0) is 24.8 Å². The van der Waals surface area contributed by atoms with Gasteiger partial charge in [-0.2, -0.15) is 0 Å². The van der Waals surface area contributed by atoms with Gasteiger partial charge in [0.05, 0.1) is 0 Å². The van der Waals surface area contributed by atoms with Crippen molar-refractivity contribution in [2.75, 3.05) is 0 Å². The van der Waals surface area contributed by atoms with Crippen LogP contribution < -0.4 is 5.56 Å². The molecule has 0 aromatic carbocycles. The zero-order valence-corrected chi connectivity index (χ0v) is 8.73. The van der Waals surface area contributed by atoms with Gasteiger partial charge in [-0.15, -0.1) is 11.3 Å². The van der Waals surface area contributed by atoms with E-state index in [0.29, 0.717) is 0 Å². The van der Waals surface area contributed by atoms with Gasteiger partial charge in [-0.1, -0.05) is 0 Å². The van der Waals surface area contributed by atoms with Gasteiger partial charge in [0.25, 0.3) is 5.56 Å². The van der Waals surface area contributed by atoms with E-state index in [4.69, 9.17) is 0 Å². The van der Waals surface area contributed by atoms with Crippen LogP contribution in [-0.2, 0) is 7.05 Å². The average molecular weight is 193 g/mol. The number of hydrogen-bond donors (Lipinski definition) is 0. The zero-order chi connectivity index (χ0) is 9.59. The standard InChI is InChI=1S/C10H11NOS/c1-6-5-13-9-7(2)10(12)11(3)4-8(6)9/h4-5H,1-3H3. The van der Waals surface area contributed by atoms with Gasteiger partial charge in [0, 0.05) is 28.9 Å². The first-order chi connectivity index (χ1) is 6.11. The van der Waals surface area contributed by atoms with Crippen LogP contribution in [-0.4, -0.2) is 4.57 Å². The van der Waals surface area contributed by atoms with E-state index in [0.717, 1.165) is 10.3 Å². The first-order valence-electron chi connectivity index (χ1n) is 4.15. The van der Waals surface area contributed by atoms with Crippen LogP contribution in [0.1, 0.15) is 11.1 Å². The molecule has 0 spiro atoms. The van der Waals surface area contributed by atoms with Gasteiger partial charge >= 0.3 is 0 Å². The van der Waals surface area contributed by atoms with Crippen molar-refractivity contribution in [3.05, 3.63) is 33.1 Å². The largest absolute Gasteiger partial charge is 0.318 e. The molecule has 0 atom stereocenters. The summed E-state index contributed by atoms with van der Waals surface area (Å²) >= 11 is 1.65. The molecule has 2 aromatic rings. The smallest absolute Gasteiger partial charge is 0.254 e. The van der Waals surface area contributed by atoms with Gasteiger partial charge in [0.1, 0.15) is 0 Å². The van der Waals surface area contributed by atoms with Crippen LogP contribution in [0.5, 0.6) is 0 Å². The summed E-state index contributed by atoms with van der Waals surface area (Å²) in [4.78, 5) is 11.6. The first-order valence-corrected chi connectivity index (χ1v) is 5.03. The quantitative estimate of drug-likeness (QED) is 0.628. The highest BCUT2D eigenvalue weighted by Gasteiger charge is 2.07. The van der Waals surface area contributed by atoms with Crippen molar-refractivity contribution in [2.24, 2.45) is 7.05 Å². The van der Waals surface area contributed by atoms with E-state index in [1.165, 1.54) is 10.9 Å². The lowest BCUT2D eigenvalue weighted by Crippen LogP contribution is -2.17. The van der Waals surface area contributed by atoms with Crippen molar-refractivity contribution in [2.45, 2.75) is 13.8 Å². The van der Waals surface area contributed by atoms with Crippen LogP contribution in [0.15, 0.2) is 16.4 Å². The summed E-state index contributed by atoms with van der Waals surface area (Å²) in [5, 5.41) is 3.29. The molecule has 0 unspecified atom stereocenters. The second-order valence-corrected chi connectivity index (χ2v) is 4.21. The molecular weight excluding hydrogens is 182 g/mol. The number of fused-ring (bicyclic) bond motifs is 1. The Morgan fingerprint density at radius 1 is 1.38 bits per heavy atom. The van der Waals surface area contributed by atoms with Crippen LogP contribution in [0, 0.1) is 13.8 Å². The Hall–Kier alpha value is -1.09. The summed E-state index contributed by atoms with van der Waals surface area (Å²) in [7, 11) is 1.80. The summed E-state index contributed by atoms with van der Waals surface area (Å²) in [6.45, 7) is 3.96. The molecule has 0 saturated heterocycles. The van der Waals surface area contributed by atoms with Crippen LogP contribution in [0.2, 0.25) is 0 Å². The van der Waals surface area contributed by atoms with Gasteiger partial charge in [0.2, 0.25) is 0 Å². The fraction of sp³-hybridized carbons (Fsp3) is 0.300.